The molecule has 3 aromatic rings. The number of hydrogen-bond acceptors (Lipinski definition) is 8. The number of esters is 1. The number of aromatic nitrogens is 1. The summed E-state index contributed by atoms with van der Waals surface area (Å²) in [4.78, 5) is 25.6. The molecule has 2 heterocycles. The summed E-state index contributed by atoms with van der Waals surface area (Å²) in [6, 6.07) is 13.2. The summed E-state index contributed by atoms with van der Waals surface area (Å²) in [5.74, 6) is -0.0149. The second-order valence-electron chi connectivity index (χ2n) is 8.40. The molecule has 8 nitrogen and oxygen atoms in total. The van der Waals surface area contributed by atoms with E-state index in [1.807, 2.05) is 6.92 Å². The van der Waals surface area contributed by atoms with Crippen molar-refractivity contribution in [3.63, 3.8) is 0 Å². The van der Waals surface area contributed by atoms with Gasteiger partial charge in [0.2, 0.25) is 11.8 Å². The molecule has 0 spiro atoms. The number of hydrogen-bond donors (Lipinski definition) is 2. The quantitative estimate of drug-likeness (QED) is 0.210. The van der Waals surface area contributed by atoms with Crippen molar-refractivity contribution in [1.82, 2.24) is 10.3 Å². The molecule has 0 bridgehead atoms. The van der Waals surface area contributed by atoms with E-state index in [-0.39, 0.29) is 18.0 Å². The molecule has 2 atom stereocenters. The number of ether oxygens (including phenoxy) is 1. The lowest BCUT2D eigenvalue weighted by Gasteiger charge is -2.15. The summed E-state index contributed by atoms with van der Waals surface area (Å²) in [5.41, 5.74) is 2.34. The molecule has 4 rings (SSSR count). The number of rotatable bonds is 10. The van der Waals surface area contributed by atoms with Crippen LogP contribution >= 0.6 is 23.2 Å². The van der Waals surface area contributed by atoms with Gasteiger partial charge in [-0.25, -0.2) is 14.8 Å². The second-order valence-corrected chi connectivity index (χ2v) is 9.28. The predicted octanol–water partition coefficient (Wildman–Crippen LogP) is 5.29. The molecule has 0 saturated carbocycles. The number of unbranched alkanes of at least 4 members (excludes halogenated alkanes) is 1. The fraction of sp³-hybridized carbons (Fsp3) is 0.308. The minimum absolute atomic E-state index is 0.175. The van der Waals surface area contributed by atoms with Gasteiger partial charge in [-0.05, 0) is 81.8 Å². The van der Waals surface area contributed by atoms with E-state index in [1.165, 1.54) is 0 Å². The molecule has 2 aromatic carbocycles. The Hall–Kier alpha value is -3.20. The average Bonchev–Trinajstić information content (AvgIpc) is 3.44. The number of cyclic esters (lactones) is 1. The highest BCUT2D eigenvalue weighted by Gasteiger charge is 2.33. The zero-order chi connectivity index (χ0) is 25.7. The standard InChI is InChI=1S/C26H26Cl2N4O4/c1-15(21-25(33)35-23(31-21)17-5-9-19(27)10-6-17)29-13-3-4-14-30-16(2)22-26(34)36-24(32-22)18-7-11-20(28)12-8-18/h5-12,15,21,29,34H,3-4,13-14H2,1-2H3/t15-,21-/m0/s1. The van der Waals surface area contributed by atoms with Gasteiger partial charge in [0, 0.05) is 33.8 Å². The van der Waals surface area contributed by atoms with Crippen LogP contribution in [-0.4, -0.2) is 52.8 Å². The minimum atomic E-state index is -0.596. The summed E-state index contributed by atoms with van der Waals surface area (Å²) in [6.07, 6.45) is 1.66. The van der Waals surface area contributed by atoms with Crippen molar-refractivity contribution in [2.24, 2.45) is 9.98 Å². The average molecular weight is 529 g/mol. The summed E-state index contributed by atoms with van der Waals surface area (Å²) in [7, 11) is 0. The van der Waals surface area contributed by atoms with Gasteiger partial charge in [0.15, 0.2) is 11.7 Å². The number of benzene rings is 2. The Bertz CT molecular complexity index is 1270. The second kappa shape index (κ2) is 11.7. The fourth-order valence-electron chi connectivity index (χ4n) is 3.67. The van der Waals surface area contributed by atoms with Gasteiger partial charge in [-0.1, -0.05) is 23.2 Å². The Morgan fingerprint density at radius 1 is 1.08 bits per heavy atom. The fourth-order valence-corrected chi connectivity index (χ4v) is 3.92. The molecule has 2 N–H and O–H groups in total. The van der Waals surface area contributed by atoms with Gasteiger partial charge in [0.1, 0.15) is 0 Å². The minimum Gasteiger partial charge on any atom is -0.479 e. The van der Waals surface area contributed by atoms with Crippen LogP contribution in [0.5, 0.6) is 5.95 Å². The number of nitrogens with zero attached hydrogens (tertiary/aromatic N) is 3. The summed E-state index contributed by atoms with van der Waals surface area (Å²) in [5, 5.41) is 14.7. The van der Waals surface area contributed by atoms with Crippen molar-refractivity contribution in [3.8, 4) is 17.4 Å². The van der Waals surface area contributed by atoms with Gasteiger partial charge >= 0.3 is 11.9 Å². The van der Waals surface area contributed by atoms with Crippen molar-refractivity contribution < 1.29 is 19.1 Å². The number of oxazole rings is 1. The lowest BCUT2D eigenvalue weighted by atomic mass is 10.1. The number of carbonyl (C=O) groups is 1. The van der Waals surface area contributed by atoms with Crippen LogP contribution < -0.4 is 5.32 Å². The number of carbonyl (C=O) groups excluding carboxylic acids is 1. The van der Waals surface area contributed by atoms with Crippen LogP contribution in [0.2, 0.25) is 10.0 Å². The Kier molecular flexibility index (Phi) is 8.40. The van der Waals surface area contributed by atoms with Crippen LogP contribution in [0.15, 0.2) is 62.9 Å². The molecule has 1 aromatic heterocycles. The largest absolute Gasteiger partial charge is 0.479 e. The lowest BCUT2D eigenvalue weighted by molar-refractivity contribution is -0.135. The maximum absolute atomic E-state index is 12.3. The smallest absolute Gasteiger partial charge is 0.339 e. The van der Waals surface area contributed by atoms with Crippen molar-refractivity contribution >= 4 is 40.8 Å². The molecule has 188 valence electrons. The molecule has 0 unspecified atom stereocenters. The molecule has 0 aliphatic carbocycles. The van der Waals surface area contributed by atoms with Crippen molar-refractivity contribution in [1.29, 1.82) is 0 Å². The molecular weight excluding hydrogens is 503 g/mol. The van der Waals surface area contributed by atoms with Crippen LogP contribution in [-0.2, 0) is 9.53 Å². The molecule has 0 fully saturated rings. The number of nitrogens with one attached hydrogen (secondary N) is 1. The number of aromatic hydroxyl groups is 1. The lowest BCUT2D eigenvalue weighted by Crippen LogP contribution is -2.40. The SMILES string of the molecule is CC(=NCCCCN[C@@H](C)[C@@H]1N=C(c2ccc(Cl)cc2)OC1=O)c1nc(-c2ccc(Cl)cc2)oc1O. The first-order chi connectivity index (χ1) is 17.3. The molecule has 0 amide bonds. The molecule has 0 radical (unpaired) electrons. The van der Waals surface area contributed by atoms with Crippen LogP contribution in [0, 0.1) is 0 Å². The summed E-state index contributed by atoms with van der Waals surface area (Å²) in [6.45, 7) is 4.95. The Morgan fingerprint density at radius 3 is 2.39 bits per heavy atom. The topological polar surface area (TPSA) is 109 Å². The number of halogens is 2. The van der Waals surface area contributed by atoms with Gasteiger partial charge in [0.25, 0.3) is 0 Å². The maximum Gasteiger partial charge on any atom is 0.339 e. The molecule has 36 heavy (non-hydrogen) atoms. The van der Waals surface area contributed by atoms with Crippen LogP contribution in [0.25, 0.3) is 11.5 Å². The Balaban J connectivity index is 1.23. The van der Waals surface area contributed by atoms with Crippen molar-refractivity contribution in [3.05, 3.63) is 69.8 Å². The number of aliphatic imine (C=N–C) groups is 2. The van der Waals surface area contributed by atoms with Crippen molar-refractivity contribution in [2.75, 3.05) is 13.1 Å². The summed E-state index contributed by atoms with van der Waals surface area (Å²) < 4.78 is 10.7. The van der Waals surface area contributed by atoms with E-state index >= 15 is 0 Å². The molecule has 0 saturated heterocycles. The zero-order valence-electron chi connectivity index (χ0n) is 19.9. The summed E-state index contributed by atoms with van der Waals surface area (Å²) >= 11 is 11.8. The third kappa shape index (κ3) is 6.32. The Morgan fingerprint density at radius 2 is 1.72 bits per heavy atom. The van der Waals surface area contributed by atoms with E-state index in [1.54, 1.807) is 55.5 Å². The third-order valence-electron chi connectivity index (χ3n) is 5.70. The normalized spacial score (nSPS) is 16.7. The van der Waals surface area contributed by atoms with Gasteiger partial charge in [-0.3, -0.25) is 4.99 Å². The monoisotopic (exact) mass is 528 g/mol. The van der Waals surface area contributed by atoms with Gasteiger partial charge < -0.3 is 19.6 Å². The Labute approximate surface area is 219 Å². The molecule has 10 heteroatoms. The zero-order valence-corrected chi connectivity index (χ0v) is 21.4. The van der Waals surface area contributed by atoms with E-state index in [9.17, 15) is 9.90 Å². The molecule has 1 aliphatic rings. The van der Waals surface area contributed by atoms with Crippen LogP contribution in [0.3, 0.4) is 0 Å². The van der Waals surface area contributed by atoms with E-state index in [4.69, 9.17) is 32.4 Å². The maximum atomic E-state index is 12.3. The first-order valence-corrected chi connectivity index (χ1v) is 12.3. The van der Waals surface area contributed by atoms with E-state index < -0.39 is 6.04 Å². The molecule has 1 aliphatic heterocycles. The first-order valence-electron chi connectivity index (χ1n) is 11.6. The van der Waals surface area contributed by atoms with Gasteiger partial charge in [-0.15, -0.1) is 0 Å². The van der Waals surface area contributed by atoms with Gasteiger partial charge in [0.05, 0.1) is 5.71 Å². The highest BCUT2D eigenvalue weighted by atomic mass is 35.5. The third-order valence-corrected chi connectivity index (χ3v) is 6.21. The van der Waals surface area contributed by atoms with E-state index in [0.29, 0.717) is 57.5 Å². The first kappa shape index (κ1) is 25.9. The van der Waals surface area contributed by atoms with Gasteiger partial charge in [-0.2, -0.15) is 0 Å². The highest BCUT2D eigenvalue weighted by molar-refractivity contribution is 6.31. The highest BCUT2D eigenvalue weighted by Crippen LogP contribution is 2.27. The van der Waals surface area contributed by atoms with Crippen LogP contribution in [0.4, 0.5) is 0 Å². The van der Waals surface area contributed by atoms with Crippen LogP contribution in [0.1, 0.15) is 37.9 Å². The van der Waals surface area contributed by atoms with E-state index in [0.717, 1.165) is 12.8 Å². The van der Waals surface area contributed by atoms with Crippen molar-refractivity contribution in [2.45, 2.75) is 38.8 Å². The predicted molar refractivity (Wildman–Crippen MR) is 140 cm³/mol. The molecular formula is C26H26Cl2N4O4. The van der Waals surface area contributed by atoms with E-state index in [2.05, 4.69) is 20.3 Å².